The van der Waals surface area contributed by atoms with Gasteiger partial charge in [0.15, 0.2) is 23.7 Å². The van der Waals surface area contributed by atoms with E-state index in [4.69, 9.17) is 4.74 Å². The van der Waals surface area contributed by atoms with Crippen LogP contribution in [0.2, 0.25) is 0 Å². The number of methoxy groups -OCH3 is 1. The molecule has 1 fully saturated rings. The number of aliphatic hydroxyl groups excluding tert-OH is 1. The fourth-order valence-electron chi connectivity index (χ4n) is 3.04. The van der Waals surface area contributed by atoms with Crippen molar-refractivity contribution in [1.29, 1.82) is 0 Å². The van der Waals surface area contributed by atoms with Crippen molar-refractivity contribution in [3.05, 3.63) is 23.8 Å². The van der Waals surface area contributed by atoms with E-state index >= 15 is 0 Å². The fourth-order valence-corrected chi connectivity index (χ4v) is 3.04. The molecular formula is C17H22N6O5. The number of amides is 3. The van der Waals surface area contributed by atoms with Gasteiger partial charge in [0, 0.05) is 13.6 Å². The van der Waals surface area contributed by atoms with Gasteiger partial charge in [-0.15, -0.1) is 0 Å². The molecule has 3 amide bonds. The summed E-state index contributed by atoms with van der Waals surface area (Å²) in [4.78, 5) is 31.4. The van der Waals surface area contributed by atoms with Crippen LogP contribution in [0.1, 0.15) is 12.5 Å². The number of likely N-dealkylation sites (N-methyl/N-ethyl adjacent to an activating group) is 1. The number of carbonyl (C=O) groups excluding carboxylic acids is 2. The zero-order valence-electron chi connectivity index (χ0n) is 15.7. The number of urea groups is 1. The summed E-state index contributed by atoms with van der Waals surface area (Å²) < 4.78 is 5.05. The molecule has 0 aliphatic carbocycles. The first-order valence-electron chi connectivity index (χ1n) is 8.58. The number of phenolic OH excluding ortho intramolecular Hbond substituents is 1. The molecule has 3 rings (SSSR count). The normalized spacial score (nSPS) is 22.8. The van der Waals surface area contributed by atoms with Crippen LogP contribution in [0.3, 0.4) is 0 Å². The van der Waals surface area contributed by atoms with Crippen molar-refractivity contribution < 1.29 is 24.5 Å². The largest absolute Gasteiger partial charge is 0.504 e. The first-order chi connectivity index (χ1) is 13.3. The van der Waals surface area contributed by atoms with Crippen molar-refractivity contribution in [2.24, 2.45) is 10.1 Å². The molecule has 0 radical (unpaired) electrons. The van der Waals surface area contributed by atoms with Gasteiger partial charge >= 0.3 is 6.03 Å². The number of hydrogen-bond donors (Lipinski definition) is 4. The molecule has 0 bridgehead atoms. The molecule has 11 heteroatoms. The van der Waals surface area contributed by atoms with Gasteiger partial charge in [-0.25, -0.2) is 15.2 Å². The van der Waals surface area contributed by atoms with Gasteiger partial charge in [-0.3, -0.25) is 10.1 Å². The summed E-state index contributed by atoms with van der Waals surface area (Å²) in [6.45, 7) is 1.72. The van der Waals surface area contributed by atoms with Gasteiger partial charge in [-0.1, -0.05) is 0 Å². The number of hydrogen-bond acceptors (Lipinski definition) is 9. The Morgan fingerprint density at radius 1 is 1.46 bits per heavy atom. The summed E-state index contributed by atoms with van der Waals surface area (Å²) in [5.74, 6) is 0.0931. The van der Waals surface area contributed by atoms with Crippen LogP contribution in [-0.2, 0) is 4.79 Å². The van der Waals surface area contributed by atoms with E-state index in [1.807, 2.05) is 0 Å². The number of nitrogens with one attached hydrogen (secondary N) is 2. The third kappa shape index (κ3) is 3.69. The Hall–Kier alpha value is -3.34. The van der Waals surface area contributed by atoms with E-state index in [1.54, 1.807) is 31.0 Å². The number of rotatable bonds is 5. The second-order valence-electron chi connectivity index (χ2n) is 6.52. The Morgan fingerprint density at radius 2 is 2.21 bits per heavy atom. The van der Waals surface area contributed by atoms with Crippen LogP contribution in [0.4, 0.5) is 4.79 Å². The smallest absolute Gasteiger partial charge is 0.325 e. The van der Waals surface area contributed by atoms with Crippen molar-refractivity contribution in [2.75, 3.05) is 20.7 Å². The monoisotopic (exact) mass is 390 g/mol. The Bertz CT molecular complexity index is 839. The highest BCUT2D eigenvalue weighted by Crippen LogP contribution is 2.26. The molecule has 150 valence electrons. The van der Waals surface area contributed by atoms with Crippen LogP contribution in [0.25, 0.3) is 0 Å². The molecule has 0 spiro atoms. The third-order valence-corrected chi connectivity index (χ3v) is 4.40. The highest BCUT2D eigenvalue weighted by Gasteiger charge is 2.48. The molecule has 1 aromatic carbocycles. The predicted molar refractivity (Wildman–Crippen MR) is 100 cm³/mol. The lowest BCUT2D eigenvalue weighted by molar-refractivity contribution is -0.127. The number of fused-ring (bicyclic) bond motifs is 1. The van der Waals surface area contributed by atoms with Crippen LogP contribution < -0.4 is 15.5 Å². The van der Waals surface area contributed by atoms with Crippen molar-refractivity contribution in [3.63, 3.8) is 0 Å². The molecule has 2 heterocycles. The molecule has 4 N–H and O–H groups in total. The average molecular weight is 390 g/mol. The molecule has 0 saturated carbocycles. The summed E-state index contributed by atoms with van der Waals surface area (Å²) in [5, 5.41) is 25.8. The molecular weight excluding hydrogens is 368 g/mol. The average Bonchev–Trinajstić information content (AvgIpc) is 2.99. The molecule has 0 aromatic heterocycles. The summed E-state index contributed by atoms with van der Waals surface area (Å²) in [6.07, 6.45) is 0.0420. The van der Waals surface area contributed by atoms with E-state index < -0.39 is 30.2 Å². The zero-order valence-corrected chi connectivity index (χ0v) is 15.7. The minimum Gasteiger partial charge on any atom is -0.504 e. The van der Waals surface area contributed by atoms with Crippen LogP contribution in [0.5, 0.6) is 11.5 Å². The van der Waals surface area contributed by atoms with Crippen molar-refractivity contribution in [3.8, 4) is 11.5 Å². The van der Waals surface area contributed by atoms with Crippen molar-refractivity contribution in [2.45, 2.75) is 25.2 Å². The number of imide groups is 1. The Labute approximate surface area is 161 Å². The van der Waals surface area contributed by atoms with Gasteiger partial charge in [-0.05, 0) is 30.7 Å². The maximum absolute atomic E-state index is 12.3. The predicted octanol–water partition coefficient (Wildman–Crippen LogP) is -0.747. The van der Waals surface area contributed by atoms with Gasteiger partial charge < -0.3 is 24.7 Å². The first kappa shape index (κ1) is 19.4. The zero-order chi connectivity index (χ0) is 20.4. The number of phenols is 1. The maximum atomic E-state index is 12.3. The Balaban J connectivity index is 1.80. The number of aliphatic imine (C=N–C) groups is 1. The van der Waals surface area contributed by atoms with E-state index in [-0.39, 0.29) is 18.3 Å². The van der Waals surface area contributed by atoms with E-state index in [2.05, 4.69) is 20.8 Å². The topological polar surface area (TPSA) is 139 Å². The van der Waals surface area contributed by atoms with Gasteiger partial charge in [-0.2, -0.15) is 5.10 Å². The molecule has 11 nitrogen and oxygen atoms in total. The van der Waals surface area contributed by atoms with Crippen LogP contribution in [0, 0.1) is 0 Å². The SMILES string of the molecule is COc1cc(/C=N/NC2=NC3C(C(=O)NC(=O)N3C)N2CC(C)O)ccc1O. The summed E-state index contributed by atoms with van der Waals surface area (Å²) >= 11 is 0. The lowest BCUT2D eigenvalue weighted by Crippen LogP contribution is -2.64. The summed E-state index contributed by atoms with van der Waals surface area (Å²) in [7, 11) is 2.98. The second kappa shape index (κ2) is 7.72. The van der Waals surface area contributed by atoms with Crippen LogP contribution >= 0.6 is 0 Å². The molecule has 3 unspecified atom stereocenters. The number of hydrazone groups is 1. The quantitative estimate of drug-likeness (QED) is 0.383. The molecule has 2 aliphatic heterocycles. The van der Waals surface area contributed by atoms with E-state index in [0.717, 1.165) is 0 Å². The maximum Gasteiger partial charge on any atom is 0.325 e. The van der Waals surface area contributed by atoms with E-state index in [9.17, 15) is 19.8 Å². The van der Waals surface area contributed by atoms with Crippen molar-refractivity contribution in [1.82, 2.24) is 20.5 Å². The minimum atomic E-state index is -0.760. The highest BCUT2D eigenvalue weighted by atomic mass is 16.5. The van der Waals surface area contributed by atoms with E-state index in [1.165, 1.54) is 24.3 Å². The number of nitrogens with zero attached hydrogens (tertiary/aromatic N) is 4. The third-order valence-electron chi connectivity index (χ3n) is 4.40. The summed E-state index contributed by atoms with van der Waals surface area (Å²) in [5.41, 5.74) is 3.42. The number of guanidine groups is 1. The van der Waals surface area contributed by atoms with Crippen LogP contribution in [-0.4, -0.2) is 83.1 Å². The van der Waals surface area contributed by atoms with Gasteiger partial charge in [0.1, 0.15) is 0 Å². The fraction of sp³-hybridized carbons (Fsp3) is 0.412. The number of ether oxygens (including phenoxy) is 1. The molecule has 28 heavy (non-hydrogen) atoms. The van der Waals surface area contributed by atoms with E-state index in [0.29, 0.717) is 11.3 Å². The lowest BCUT2D eigenvalue weighted by Gasteiger charge is -2.36. The number of aromatic hydroxyl groups is 1. The van der Waals surface area contributed by atoms with Gasteiger partial charge in [0.25, 0.3) is 5.91 Å². The lowest BCUT2D eigenvalue weighted by atomic mass is 10.1. The number of carbonyl (C=O) groups is 2. The minimum absolute atomic E-state index is 0.0127. The molecule has 2 aliphatic rings. The standard InChI is InChI=1S/C17H22N6O5/c1-9(24)8-23-13-14(22(2)17(27)20-15(13)26)19-16(23)21-18-7-10-4-5-11(25)12(6-10)28-3/h4-7,9,13-14,24-25H,8H2,1-3H3,(H,19,21)(H,20,26,27)/b18-7+. The van der Waals surface area contributed by atoms with Gasteiger partial charge in [0.05, 0.1) is 19.4 Å². The molecule has 3 atom stereocenters. The first-order valence-corrected chi connectivity index (χ1v) is 8.58. The summed E-state index contributed by atoms with van der Waals surface area (Å²) in [6, 6.07) is 3.43. The number of benzene rings is 1. The Morgan fingerprint density at radius 3 is 2.89 bits per heavy atom. The number of β-amino-alcohol motifs (C(OH)–C–C–N with tert-alkyl or cyclic N) is 1. The number of aliphatic hydroxyl groups is 1. The molecule has 1 saturated heterocycles. The van der Waals surface area contributed by atoms with Gasteiger partial charge in [0.2, 0.25) is 5.96 Å². The van der Waals surface area contributed by atoms with Crippen LogP contribution in [0.15, 0.2) is 28.3 Å². The Kier molecular flexibility index (Phi) is 5.36. The highest BCUT2D eigenvalue weighted by molar-refractivity contribution is 6.03. The van der Waals surface area contributed by atoms with Crippen molar-refractivity contribution >= 4 is 24.1 Å². The second-order valence-corrected chi connectivity index (χ2v) is 6.52. The molecule has 1 aromatic rings.